The summed E-state index contributed by atoms with van der Waals surface area (Å²) in [5.41, 5.74) is 0.848. The van der Waals surface area contributed by atoms with E-state index in [9.17, 15) is 17.6 Å². The molecule has 2 heterocycles. The molecule has 0 aliphatic carbocycles. The number of hydrogen-bond acceptors (Lipinski definition) is 6. The van der Waals surface area contributed by atoms with Gasteiger partial charge in [-0.3, -0.25) is 4.79 Å². The van der Waals surface area contributed by atoms with Crippen LogP contribution in [0, 0.1) is 5.82 Å². The number of sulfone groups is 1. The number of anilines is 1. The average Bonchev–Trinajstić information content (AvgIpc) is 3.19. The van der Waals surface area contributed by atoms with E-state index in [1.807, 2.05) is 6.07 Å². The maximum atomic E-state index is 13.9. The van der Waals surface area contributed by atoms with Crippen molar-refractivity contribution in [3.8, 4) is 0 Å². The summed E-state index contributed by atoms with van der Waals surface area (Å²) in [7, 11) is -3.36. The zero-order valence-electron chi connectivity index (χ0n) is 16.7. The molecular weight excluding hydrogens is 425 g/mol. The third kappa shape index (κ3) is 3.79. The lowest BCUT2D eigenvalue weighted by Crippen LogP contribution is -2.48. The van der Waals surface area contributed by atoms with Gasteiger partial charge in [0.1, 0.15) is 11.3 Å². The summed E-state index contributed by atoms with van der Waals surface area (Å²) in [6, 6.07) is 11.1. The molecule has 2 aromatic carbocycles. The van der Waals surface area contributed by atoms with Gasteiger partial charge in [-0.15, -0.1) is 0 Å². The highest BCUT2D eigenvalue weighted by molar-refractivity contribution is 7.92. The molecule has 3 aromatic rings. The molecule has 0 bridgehead atoms. The standard InChI is InChI=1S/C21H22FN3O3S2/c1-14(2)30(27,28)16-8-6-15(7-9-16)20(26)24-10-12-25(13-11-24)21-23-19-17(22)4-3-5-18(19)29-21/h3-9,14H,10-13H2,1-2H3. The van der Waals surface area contributed by atoms with E-state index in [0.717, 1.165) is 9.83 Å². The average molecular weight is 448 g/mol. The molecule has 1 saturated heterocycles. The number of benzene rings is 2. The molecule has 4 rings (SSSR count). The van der Waals surface area contributed by atoms with E-state index in [1.165, 1.54) is 29.5 Å². The van der Waals surface area contributed by atoms with E-state index in [0.29, 0.717) is 37.3 Å². The lowest BCUT2D eigenvalue weighted by atomic mass is 10.2. The first-order valence-electron chi connectivity index (χ1n) is 9.70. The zero-order chi connectivity index (χ0) is 21.5. The first kappa shape index (κ1) is 20.7. The zero-order valence-corrected chi connectivity index (χ0v) is 18.3. The van der Waals surface area contributed by atoms with Crippen molar-refractivity contribution in [2.45, 2.75) is 24.0 Å². The van der Waals surface area contributed by atoms with Crippen molar-refractivity contribution in [1.29, 1.82) is 0 Å². The molecule has 1 aliphatic rings. The summed E-state index contributed by atoms with van der Waals surface area (Å²) in [6.07, 6.45) is 0. The maximum Gasteiger partial charge on any atom is 0.253 e. The van der Waals surface area contributed by atoms with Crippen LogP contribution in [-0.4, -0.2) is 55.6 Å². The highest BCUT2D eigenvalue weighted by atomic mass is 32.2. The van der Waals surface area contributed by atoms with E-state index in [4.69, 9.17) is 0 Å². The molecule has 0 spiro atoms. The lowest BCUT2D eigenvalue weighted by molar-refractivity contribution is 0.0746. The quantitative estimate of drug-likeness (QED) is 0.611. The smallest absolute Gasteiger partial charge is 0.253 e. The number of aromatic nitrogens is 1. The minimum absolute atomic E-state index is 0.126. The Morgan fingerprint density at radius 1 is 1.07 bits per heavy atom. The Morgan fingerprint density at radius 3 is 2.33 bits per heavy atom. The number of thiazole rings is 1. The van der Waals surface area contributed by atoms with E-state index >= 15 is 0 Å². The van der Waals surface area contributed by atoms with Crippen molar-refractivity contribution in [2.24, 2.45) is 0 Å². The van der Waals surface area contributed by atoms with Gasteiger partial charge in [0, 0.05) is 31.7 Å². The van der Waals surface area contributed by atoms with Crippen LogP contribution in [0.25, 0.3) is 10.2 Å². The second-order valence-corrected chi connectivity index (χ2v) is 11.0. The second-order valence-electron chi connectivity index (χ2n) is 7.48. The second kappa shape index (κ2) is 7.96. The monoisotopic (exact) mass is 447 g/mol. The van der Waals surface area contributed by atoms with Crippen molar-refractivity contribution in [3.05, 3.63) is 53.8 Å². The summed E-state index contributed by atoms with van der Waals surface area (Å²) in [5, 5.41) is 0.244. The van der Waals surface area contributed by atoms with Crippen molar-refractivity contribution in [3.63, 3.8) is 0 Å². The molecule has 6 nitrogen and oxygen atoms in total. The van der Waals surface area contributed by atoms with Crippen LogP contribution in [0.2, 0.25) is 0 Å². The van der Waals surface area contributed by atoms with Crippen LogP contribution in [0.5, 0.6) is 0 Å². The van der Waals surface area contributed by atoms with Gasteiger partial charge in [-0.05, 0) is 50.2 Å². The minimum Gasteiger partial charge on any atom is -0.345 e. The summed E-state index contributed by atoms with van der Waals surface area (Å²) in [6.45, 7) is 5.51. The fourth-order valence-corrected chi connectivity index (χ4v) is 5.47. The van der Waals surface area contributed by atoms with Crippen LogP contribution >= 0.6 is 11.3 Å². The fraction of sp³-hybridized carbons (Fsp3) is 0.333. The minimum atomic E-state index is -3.36. The predicted octanol–water partition coefficient (Wildman–Crippen LogP) is 3.58. The Balaban J connectivity index is 1.43. The van der Waals surface area contributed by atoms with Crippen LogP contribution in [-0.2, 0) is 9.84 Å². The van der Waals surface area contributed by atoms with Gasteiger partial charge in [-0.2, -0.15) is 0 Å². The third-order valence-corrected chi connectivity index (χ3v) is 8.50. The van der Waals surface area contributed by atoms with E-state index in [1.54, 1.807) is 36.9 Å². The van der Waals surface area contributed by atoms with Gasteiger partial charge < -0.3 is 9.80 Å². The SMILES string of the molecule is CC(C)S(=O)(=O)c1ccc(C(=O)N2CCN(c3nc4c(F)cccc4s3)CC2)cc1. The fourth-order valence-electron chi connectivity index (χ4n) is 3.38. The van der Waals surface area contributed by atoms with Crippen LogP contribution in [0.15, 0.2) is 47.4 Å². The number of hydrogen-bond donors (Lipinski definition) is 0. The first-order valence-corrected chi connectivity index (χ1v) is 12.1. The number of halogens is 1. The number of carbonyl (C=O) groups is 1. The molecule has 1 aliphatic heterocycles. The number of nitrogens with zero attached hydrogens (tertiary/aromatic N) is 3. The summed E-state index contributed by atoms with van der Waals surface area (Å²) in [5.74, 6) is -0.453. The van der Waals surface area contributed by atoms with Gasteiger partial charge in [-0.1, -0.05) is 17.4 Å². The highest BCUT2D eigenvalue weighted by Gasteiger charge is 2.25. The Bertz CT molecular complexity index is 1180. The maximum absolute atomic E-state index is 13.9. The predicted molar refractivity (Wildman–Crippen MR) is 116 cm³/mol. The van der Waals surface area contributed by atoms with Gasteiger partial charge in [0.25, 0.3) is 5.91 Å². The molecule has 0 unspecified atom stereocenters. The van der Waals surface area contributed by atoms with E-state index in [-0.39, 0.29) is 16.6 Å². The number of fused-ring (bicyclic) bond motifs is 1. The van der Waals surface area contributed by atoms with Crippen LogP contribution < -0.4 is 4.90 Å². The first-order chi connectivity index (χ1) is 14.3. The Morgan fingerprint density at radius 2 is 1.73 bits per heavy atom. The number of carbonyl (C=O) groups excluding carboxylic acids is 1. The normalized spacial score (nSPS) is 15.2. The van der Waals surface area contributed by atoms with Crippen molar-refractivity contribution in [2.75, 3.05) is 31.1 Å². The van der Waals surface area contributed by atoms with Crippen molar-refractivity contribution < 1.29 is 17.6 Å². The van der Waals surface area contributed by atoms with Crippen LogP contribution in [0.1, 0.15) is 24.2 Å². The Hall–Kier alpha value is -2.52. The van der Waals surface area contributed by atoms with Crippen LogP contribution in [0.4, 0.5) is 9.52 Å². The molecular formula is C21H22FN3O3S2. The van der Waals surface area contributed by atoms with E-state index in [2.05, 4.69) is 9.88 Å². The van der Waals surface area contributed by atoms with Gasteiger partial charge in [0.15, 0.2) is 15.0 Å². The molecule has 158 valence electrons. The number of piperazine rings is 1. The molecule has 1 aromatic heterocycles. The lowest BCUT2D eigenvalue weighted by Gasteiger charge is -2.34. The third-order valence-electron chi connectivity index (χ3n) is 5.25. The summed E-state index contributed by atoms with van der Waals surface area (Å²) < 4.78 is 39.2. The topological polar surface area (TPSA) is 70.6 Å². The van der Waals surface area contributed by atoms with Gasteiger partial charge in [0.05, 0.1) is 14.8 Å². The molecule has 0 N–H and O–H groups in total. The molecule has 1 amide bonds. The molecule has 0 saturated carbocycles. The molecule has 1 fully saturated rings. The molecule has 0 atom stereocenters. The molecule has 30 heavy (non-hydrogen) atoms. The van der Waals surface area contributed by atoms with Gasteiger partial charge in [-0.25, -0.2) is 17.8 Å². The van der Waals surface area contributed by atoms with Gasteiger partial charge in [0.2, 0.25) is 0 Å². The van der Waals surface area contributed by atoms with Crippen molar-refractivity contribution >= 4 is 42.4 Å². The summed E-state index contributed by atoms with van der Waals surface area (Å²) >= 11 is 1.44. The van der Waals surface area contributed by atoms with Crippen molar-refractivity contribution in [1.82, 2.24) is 9.88 Å². The number of rotatable bonds is 4. The number of para-hydroxylation sites is 1. The van der Waals surface area contributed by atoms with Gasteiger partial charge >= 0.3 is 0 Å². The Kier molecular flexibility index (Phi) is 5.50. The molecule has 9 heteroatoms. The molecule has 0 radical (unpaired) electrons. The van der Waals surface area contributed by atoms with E-state index < -0.39 is 15.1 Å². The number of amides is 1. The Labute approximate surface area is 178 Å². The largest absolute Gasteiger partial charge is 0.345 e. The summed E-state index contributed by atoms with van der Waals surface area (Å²) in [4.78, 5) is 21.3. The van der Waals surface area contributed by atoms with Crippen LogP contribution in [0.3, 0.4) is 0 Å². The highest BCUT2D eigenvalue weighted by Crippen LogP contribution is 2.30.